The van der Waals surface area contributed by atoms with Crippen molar-refractivity contribution >= 4 is 17.4 Å². The molecule has 0 bridgehead atoms. The van der Waals surface area contributed by atoms with E-state index in [9.17, 15) is 10.4 Å². The monoisotopic (exact) mass is 278 g/mol. The van der Waals surface area contributed by atoms with Crippen LogP contribution in [0.3, 0.4) is 0 Å². The van der Waals surface area contributed by atoms with E-state index in [-0.39, 0.29) is 5.41 Å². The second-order valence-electron chi connectivity index (χ2n) is 5.79. The van der Waals surface area contributed by atoms with Crippen molar-refractivity contribution < 1.29 is 5.11 Å². The number of aliphatic hydroxyl groups excluding tert-OH is 1. The van der Waals surface area contributed by atoms with E-state index in [1.807, 2.05) is 24.5 Å². The average Bonchev–Trinajstić information content (AvgIpc) is 2.33. The number of anilines is 1. The van der Waals surface area contributed by atoms with E-state index in [0.717, 1.165) is 17.0 Å². The summed E-state index contributed by atoms with van der Waals surface area (Å²) < 4.78 is 0. The number of hydrogen-bond donors (Lipinski definition) is 2. The van der Waals surface area contributed by atoms with Crippen LogP contribution in [0.4, 0.5) is 5.69 Å². The Hall–Kier alpha value is -1.18. The lowest BCUT2D eigenvalue weighted by atomic mass is 9.89. The van der Waals surface area contributed by atoms with Crippen LogP contribution in [0.25, 0.3) is 0 Å². The fourth-order valence-electron chi connectivity index (χ4n) is 1.97. The largest absolute Gasteiger partial charge is 0.391 e. The van der Waals surface area contributed by atoms with E-state index in [1.165, 1.54) is 0 Å². The standard InChI is InChI=1S/C15H22N2OS/c1-15(2,3)8-11(18)10-17-13-6-5-7-14(19-4)12(13)9-16/h5-7,11,17-18H,8,10H2,1-4H3. The van der Waals surface area contributed by atoms with Gasteiger partial charge in [-0.05, 0) is 30.2 Å². The van der Waals surface area contributed by atoms with Crippen molar-refractivity contribution in [2.75, 3.05) is 18.1 Å². The summed E-state index contributed by atoms with van der Waals surface area (Å²) in [5, 5.41) is 22.4. The fraction of sp³-hybridized carbons (Fsp3) is 0.533. The normalized spacial score (nSPS) is 12.8. The van der Waals surface area contributed by atoms with Gasteiger partial charge in [0.05, 0.1) is 17.4 Å². The SMILES string of the molecule is CSc1cccc(NCC(O)CC(C)(C)C)c1C#N. The molecule has 3 nitrogen and oxygen atoms in total. The molecule has 0 spiro atoms. The minimum Gasteiger partial charge on any atom is -0.391 e. The smallest absolute Gasteiger partial charge is 0.102 e. The molecule has 2 N–H and O–H groups in total. The van der Waals surface area contributed by atoms with Gasteiger partial charge in [-0.25, -0.2) is 0 Å². The summed E-state index contributed by atoms with van der Waals surface area (Å²) >= 11 is 1.55. The summed E-state index contributed by atoms with van der Waals surface area (Å²) in [5.74, 6) is 0. The number of thioether (sulfide) groups is 1. The molecule has 0 amide bonds. The van der Waals surface area contributed by atoms with Gasteiger partial charge in [-0.3, -0.25) is 0 Å². The minimum absolute atomic E-state index is 0.0975. The zero-order valence-electron chi connectivity index (χ0n) is 12.0. The zero-order valence-corrected chi connectivity index (χ0v) is 12.8. The van der Waals surface area contributed by atoms with E-state index in [2.05, 4.69) is 32.2 Å². The lowest BCUT2D eigenvalue weighted by Gasteiger charge is -2.23. The molecular weight excluding hydrogens is 256 g/mol. The summed E-state index contributed by atoms with van der Waals surface area (Å²) in [4.78, 5) is 0.956. The number of aliphatic hydroxyl groups is 1. The molecular formula is C15H22N2OS. The molecule has 104 valence electrons. The van der Waals surface area contributed by atoms with Crippen LogP contribution >= 0.6 is 11.8 Å². The molecule has 1 aromatic rings. The molecule has 1 aromatic carbocycles. The average molecular weight is 278 g/mol. The molecule has 4 heteroatoms. The number of benzene rings is 1. The van der Waals surface area contributed by atoms with Gasteiger partial charge in [-0.2, -0.15) is 5.26 Å². The summed E-state index contributed by atoms with van der Waals surface area (Å²) in [6, 6.07) is 7.95. The van der Waals surface area contributed by atoms with E-state index in [0.29, 0.717) is 12.1 Å². The Labute approximate surface area is 120 Å². The number of nitrogens with zero attached hydrogens (tertiary/aromatic N) is 1. The molecule has 0 aliphatic rings. The molecule has 0 fully saturated rings. The van der Waals surface area contributed by atoms with Crippen molar-refractivity contribution in [3.05, 3.63) is 23.8 Å². The first-order chi connectivity index (χ1) is 8.87. The van der Waals surface area contributed by atoms with Crippen molar-refractivity contribution in [2.24, 2.45) is 5.41 Å². The van der Waals surface area contributed by atoms with Crippen molar-refractivity contribution in [1.29, 1.82) is 5.26 Å². The van der Waals surface area contributed by atoms with Gasteiger partial charge < -0.3 is 10.4 Å². The molecule has 0 saturated carbocycles. The van der Waals surface area contributed by atoms with Crippen LogP contribution in [0, 0.1) is 16.7 Å². The highest BCUT2D eigenvalue weighted by Crippen LogP contribution is 2.27. The topological polar surface area (TPSA) is 56.0 Å². The van der Waals surface area contributed by atoms with Crippen molar-refractivity contribution in [2.45, 2.75) is 38.2 Å². The molecule has 0 aromatic heterocycles. The highest BCUT2D eigenvalue weighted by Gasteiger charge is 2.17. The summed E-state index contributed by atoms with van der Waals surface area (Å²) in [5.41, 5.74) is 1.54. The highest BCUT2D eigenvalue weighted by atomic mass is 32.2. The number of nitrogens with one attached hydrogen (secondary N) is 1. The predicted molar refractivity (Wildman–Crippen MR) is 81.5 cm³/mol. The maximum Gasteiger partial charge on any atom is 0.102 e. The molecule has 0 aliphatic heterocycles. The van der Waals surface area contributed by atoms with E-state index < -0.39 is 6.10 Å². The molecule has 0 radical (unpaired) electrons. The molecule has 0 saturated heterocycles. The third kappa shape index (κ3) is 5.14. The van der Waals surface area contributed by atoms with Crippen molar-refractivity contribution in [3.63, 3.8) is 0 Å². The lowest BCUT2D eigenvalue weighted by Crippen LogP contribution is -2.25. The van der Waals surface area contributed by atoms with Gasteiger partial charge in [0.25, 0.3) is 0 Å². The van der Waals surface area contributed by atoms with Crippen LogP contribution in [-0.2, 0) is 0 Å². The fourth-order valence-corrected chi connectivity index (χ4v) is 2.55. The molecule has 0 heterocycles. The Morgan fingerprint density at radius 3 is 2.63 bits per heavy atom. The zero-order chi connectivity index (χ0) is 14.5. The van der Waals surface area contributed by atoms with Crippen molar-refractivity contribution in [3.8, 4) is 6.07 Å². The maximum atomic E-state index is 9.99. The Morgan fingerprint density at radius 1 is 1.42 bits per heavy atom. The highest BCUT2D eigenvalue weighted by molar-refractivity contribution is 7.98. The van der Waals surface area contributed by atoms with Crippen LogP contribution < -0.4 is 5.32 Å². The summed E-state index contributed by atoms with van der Waals surface area (Å²) in [6.45, 7) is 6.77. The van der Waals surface area contributed by atoms with Gasteiger partial charge in [0.15, 0.2) is 0 Å². The van der Waals surface area contributed by atoms with Gasteiger partial charge in [0.1, 0.15) is 6.07 Å². The molecule has 1 unspecified atom stereocenters. The Morgan fingerprint density at radius 2 is 2.11 bits per heavy atom. The molecule has 1 rings (SSSR count). The number of nitriles is 1. The van der Waals surface area contributed by atoms with Crippen LogP contribution in [-0.4, -0.2) is 24.0 Å². The second-order valence-corrected chi connectivity index (χ2v) is 6.64. The Bertz CT molecular complexity index is 460. The van der Waals surface area contributed by atoms with Crippen LogP contribution in [0.2, 0.25) is 0 Å². The molecule has 1 atom stereocenters. The predicted octanol–water partition coefficient (Wildman–Crippen LogP) is 3.49. The van der Waals surface area contributed by atoms with Gasteiger partial charge in [0, 0.05) is 11.4 Å². The van der Waals surface area contributed by atoms with Gasteiger partial charge in [-0.15, -0.1) is 11.8 Å². The Kier molecular flexibility index (Phi) is 5.71. The van der Waals surface area contributed by atoms with E-state index in [4.69, 9.17) is 0 Å². The van der Waals surface area contributed by atoms with Crippen LogP contribution in [0.5, 0.6) is 0 Å². The van der Waals surface area contributed by atoms with E-state index in [1.54, 1.807) is 11.8 Å². The quantitative estimate of drug-likeness (QED) is 0.810. The lowest BCUT2D eigenvalue weighted by molar-refractivity contribution is 0.132. The Balaban J connectivity index is 2.71. The van der Waals surface area contributed by atoms with Crippen LogP contribution in [0.1, 0.15) is 32.8 Å². The van der Waals surface area contributed by atoms with Crippen LogP contribution in [0.15, 0.2) is 23.1 Å². The maximum absolute atomic E-state index is 9.99. The van der Waals surface area contributed by atoms with Gasteiger partial charge >= 0.3 is 0 Å². The van der Waals surface area contributed by atoms with Gasteiger partial charge in [-0.1, -0.05) is 26.8 Å². The first kappa shape index (κ1) is 15.9. The van der Waals surface area contributed by atoms with Crippen molar-refractivity contribution in [1.82, 2.24) is 0 Å². The first-order valence-electron chi connectivity index (χ1n) is 6.36. The molecule has 0 aliphatic carbocycles. The third-order valence-electron chi connectivity index (χ3n) is 2.73. The van der Waals surface area contributed by atoms with E-state index >= 15 is 0 Å². The minimum atomic E-state index is -0.413. The number of hydrogen-bond acceptors (Lipinski definition) is 4. The van der Waals surface area contributed by atoms with Gasteiger partial charge in [0.2, 0.25) is 0 Å². The third-order valence-corrected chi connectivity index (χ3v) is 3.51. The first-order valence-corrected chi connectivity index (χ1v) is 7.59. The summed E-state index contributed by atoms with van der Waals surface area (Å²) in [6.07, 6.45) is 2.27. The summed E-state index contributed by atoms with van der Waals surface area (Å²) in [7, 11) is 0. The second kappa shape index (κ2) is 6.83. The molecule has 19 heavy (non-hydrogen) atoms. The number of rotatable bonds is 5.